The number of morpholine rings is 1. The van der Waals surface area contributed by atoms with Gasteiger partial charge in [0, 0.05) is 25.2 Å². The minimum Gasteiger partial charge on any atom is -0.372 e. The van der Waals surface area contributed by atoms with Gasteiger partial charge in [-0.15, -0.1) is 0 Å². The van der Waals surface area contributed by atoms with Gasteiger partial charge in [0.15, 0.2) is 0 Å². The summed E-state index contributed by atoms with van der Waals surface area (Å²) in [7, 11) is 0. The topological polar surface area (TPSA) is 72.7 Å². The van der Waals surface area contributed by atoms with Crippen molar-refractivity contribution in [3.05, 3.63) is 39.9 Å². The molecule has 108 valence electrons. The summed E-state index contributed by atoms with van der Waals surface area (Å²) in [6, 6.07) is 6.10. The summed E-state index contributed by atoms with van der Waals surface area (Å²) in [5.74, 6) is 0.0286. The molecule has 1 aromatic rings. The fraction of sp³-hybridized carbons (Fsp3) is 0.500. The van der Waals surface area contributed by atoms with E-state index >= 15 is 0 Å². The van der Waals surface area contributed by atoms with E-state index in [4.69, 9.17) is 4.74 Å². The van der Waals surface area contributed by atoms with Crippen molar-refractivity contribution in [1.29, 1.82) is 0 Å². The largest absolute Gasteiger partial charge is 0.372 e. The Balaban J connectivity index is 1.98. The van der Waals surface area contributed by atoms with Gasteiger partial charge in [-0.25, -0.2) is 0 Å². The van der Waals surface area contributed by atoms with Gasteiger partial charge >= 0.3 is 0 Å². The molecular formula is C14H18N2O4. The quantitative estimate of drug-likeness (QED) is 0.624. The van der Waals surface area contributed by atoms with E-state index in [1.54, 1.807) is 17.0 Å². The van der Waals surface area contributed by atoms with E-state index in [0.717, 1.165) is 5.56 Å². The Morgan fingerprint density at radius 2 is 1.85 bits per heavy atom. The van der Waals surface area contributed by atoms with Crippen molar-refractivity contribution >= 4 is 11.6 Å². The number of non-ortho nitro benzene ring substituents is 1. The minimum absolute atomic E-state index is 0.0286. The second-order valence-electron chi connectivity index (χ2n) is 5.16. The number of carbonyl (C=O) groups is 1. The molecule has 0 aromatic heterocycles. The Kier molecular flexibility index (Phi) is 4.34. The van der Waals surface area contributed by atoms with Crippen LogP contribution in [0.4, 0.5) is 5.69 Å². The van der Waals surface area contributed by atoms with Crippen LogP contribution in [0.5, 0.6) is 0 Å². The first kappa shape index (κ1) is 14.5. The third-order valence-corrected chi connectivity index (χ3v) is 3.27. The van der Waals surface area contributed by atoms with Gasteiger partial charge in [-0.3, -0.25) is 14.9 Å². The van der Waals surface area contributed by atoms with Gasteiger partial charge < -0.3 is 9.64 Å². The number of hydrogen-bond acceptors (Lipinski definition) is 4. The van der Waals surface area contributed by atoms with E-state index in [9.17, 15) is 14.9 Å². The number of benzene rings is 1. The zero-order valence-corrected chi connectivity index (χ0v) is 11.6. The van der Waals surface area contributed by atoms with Crippen LogP contribution in [-0.4, -0.2) is 41.0 Å². The van der Waals surface area contributed by atoms with Crippen molar-refractivity contribution in [1.82, 2.24) is 4.90 Å². The van der Waals surface area contributed by atoms with Crippen LogP contribution in [0.2, 0.25) is 0 Å². The summed E-state index contributed by atoms with van der Waals surface area (Å²) < 4.78 is 5.59. The van der Waals surface area contributed by atoms with E-state index < -0.39 is 4.92 Å². The average molecular weight is 278 g/mol. The van der Waals surface area contributed by atoms with Gasteiger partial charge in [-0.2, -0.15) is 0 Å². The SMILES string of the molecule is C[C@H]1CN(C(=O)Cc2ccc([N+](=O)[O-])cc2)C[C@H](C)O1. The number of nitro groups is 1. The molecule has 1 heterocycles. The molecule has 0 radical (unpaired) electrons. The second kappa shape index (κ2) is 6.00. The minimum atomic E-state index is -0.447. The highest BCUT2D eigenvalue weighted by atomic mass is 16.6. The Hall–Kier alpha value is -1.95. The number of hydrogen-bond donors (Lipinski definition) is 0. The van der Waals surface area contributed by atoms with Crippen LogP contribution in [-0.2, 0) is 16.0 Å². The standard InChI is InChI=1S/C14H18N2O4/c1-10-8-15(9-11(2)20-10)14(17)7-12-3-5-13(6-4-12)16(18)19/h3-6,10-11H,7-9H2,1-2H3/t10-,11-/m0/s1. The fourth-order valence-corrected chi connectivity index (χ4v) is 2.40. The van der Waals surface area contributed by atoms with Gasteiger partial charge in [-0.05, 0) is 19.4 Å². The highest BCUT2D eigenvalue weighted by Crippen LogP contribution is 2.15. The van der Waals surface area contributed by atoms with Crippen molar-refractivity contribution in [2.45, 2.75) is 32.5 Å². The lowest BCUT2D eigenvalue weighted by Gasteiger charge is -2.35. The number of nitro benzene ring substituents is 1. The van der Waals surface area contributed by atoms with E-state index in [0.29, 0.717) is 13.1 Å². The van der Waals surface area contributed by atoms with Crippen molar-refractivity contribution in [2.24, 2.45) is 0 Å². The van der Waals surface area contributed by atoms with E-state index in [1.165, 1.54) is 12.1 Å². The average Bonchev–Trinajstić information content (AvgIpc) is 2.38. The van der Waals surface area contributed by atoms with E-state index in [1.807, 2.05) is 13.8 Å². The molecule has 20 heavy (non-hydrogen) atoms. The highest BCUT2D eigenvalue weighted by Gasteiger charge is 2.25. The third kappa shape index (κ3) is 3.54. The number of amides is 1. The Morgan fingerprint density at radius 1 is 1.30 bits per heavy atom. The normalized spacial score (nSPS) is 22.6. The molecular weight excluding hydrogens is 260 g/mol. The fourth-order valence-electron chi connectivity index (χ4n) is 2.40. The lowest BCUT2D eigenvalue weighted by atomic mass is 10.1. The van der Waals surface area contributed by atoms with Gasteiger partial charge in [0.05, 0.1) is 23.6 Å². The van der Waals surface area contributed by atoms with Crippen LogP contribution < -0.4 is 0 Å². The monoisotopic (exact) mass is 278 g/mol. The summed E-state index contributed by atoms with van der Waals surface area (Å²) in [5, 5.41) is 10.6. The maximum atomic E-state index is 12.2. The molecule has 6 heteroatoms. The molecule has 1 aromatic carbocycles. The second-order valence-corrected chi connectivity index (χ2v) is 5.16. The summed E-state index contributed by atoms with van der Waals surface area (Å²) in [6.07, 6.45) is 0.344. The molecule has 2 atom stereocenters. The van der Waals surface area contributed by atoms with Crippen LogP contribution in [0.25, 0.3) is 0 Å². The Bertz CT molecular complexity index is 490. The molecule has 0 bridgehead atoms. The van der Waals surface area contributed by atoms with Gasteiger partial charge in [0.2, 0.25) is 5.91 Å². The number of ether oxygens (including phenoxy) is 1. The van der Waals surface area contributed by atoms with Gasteiger partial charge in [0.25, 0.3) is 5.69 Å². The highest BCUT2D eigenvalue weighted by molar-refractivity contribution is 5.79. The molecule has 0 spiro atoms. The van der Waals surface area contributed by atoms with Gasteiger partial charge in [0.1, 0.15) is 0 Å². The van der Waals surface area contributed by atoms with Crippen LogP contribution >= 0.6 is 0 Å². The molecule has 6 nitrogen and oxygen atoms in total. The predicted molar refractivity (Wildman–Crippen MR) is 73.4 cm³/mol. The zero-order valence-electron chi connectivity index (χ0n) is 11.6. The third-order valence-electron chi connectivity index (χ3n) is 3.27. The van der Waals surface area contributed by atoms with Crippen molar-refractivity contribution < 1.29 is 14.5 Å². The zero-order chi connectivity index (χ0) is 14.7. The van der Waals surface area contributed by atoms with Crippen LogP contribution in [0.3, 0.4) is 0 Å². The smallest absolute Gasteiger partial charge is 0.269 e. The summed E-state index contributed by atoms with van der Waals surface area (Å²) in [4.78, 5) is 24.1. The molecule has 0 unspecified atom stereocenters. The van der Waals surface area contributed by atoms with Crippen molar-refractivity contribution in [3.8, 4) is 0 Å². The first-order chi connectivity index (χ1) is 9.45. The Labute approximate surface area is 117 Å². The van der Waals surface area contributed by atoms with E-state index in [2.05, 4.69) is 0 Å². The van der Waals surface area contributed by atoms with Crippen molar-refractivity contribution in [3.63, 3.8) is 0 Å². The molecule has 1 amide bonds. The predicted octanol–water partition coefficient (Wildman–Crippen LogP) is 1.77. The first-order valence-corrected chi connectivity index (χ1v) is 6.62. The molecule has 0 aliphatic carbocycles. The van der Waals surface area contributed by atoms with Crippen LogP contribution in [0, 0.1) is 10.1 Å². The molecule has 1 aliphatic rings. The number of rotatable bonds is 3. The number of carbonyl (C=O) groups excluding carboxylic acids is 1. The molecule has 0 N–H and O–H groups in total. The maximum absolute atomic E-state index is 12.2. The lowest BCUT2D eigenvalue weighted by Crippen LogP contribution is -2.48. The van der Waals surface area contributed by atoms with Crippen molar-refractivity contribution in [2.75, 3.05) is 13.1 Å². The van der Waals surface area contributed by atoms with E-state index in [-0.39, 0.29) is 30.2 Å². The summed E-state index contributed by atoms with van der Waals surface area (Å²) in [5.41, 5.74) is 0.821. The lowest BCUT2D eigenvalue weighted by molar-refractivity contribution is -0.384. The molecule has 2 rings (SSSR count). The molecule has 1 fully saturated rings. The molecule has 1 aliphatic heterocycles. The first-order valence-electron chi connectivity index (χ1n) is 6.62. The van der Waals surface area contributed by atoms with Crippen LogP contribution in [0.1, 0.15) is 19.4 Å². The number of nitrogens with zero attached hydrogens (tertiary/aromatic N) is 2. The van der Waals surface area contributed by atoms with Gasteiger partial charge in [-0.1, -0.05) is 12.1 Å². The maximum Gasteiger partial charge on any atom is 0.269 e. The molecule has 1 saturated heterocycles. The van der Waals surface area contributed by atoms with Crippen LogP contribution in [0.15, 0.2) is 24.3 Å². The summed E-state index contributed by atoms with van der Waals surface area (Å²) in [6.45, 7) is 5.08. The Morgan fingerprint density at radius 3 is 2.35 bits per heavy atom. The summed E-state index contributed by atoms with van der Waals surface area (Å²) >= 11 is 0. The molecule has 0 saturated carbocycles.